The number of hydrogen-bond acceptors (Lipinski definition) is 3. The molecule has 0 aliphatic heterocycles. The van der Waals surface area contributed by atoms with Crippen LogP contribution in [0.1, 0.15) is 0 Å². The van der Waals surface area contributed by atoms with Crippen molar-refractivity contribution in [3.63, 3.8) is 0 Å². The molecule has 100 valence electrons. The van der Waals surface area contributed by atoms with Crippen LogP contribution in [0.3, 0.4) is 0 Å². The molecule has 3 rings (SSSR count). The number of anilines is 1. The Labute approximate surface area is 113 Å². The predicted octanol–water partition coefficient (Wildman–Crippen LogP) is 2.79. The lowest BCUT2D eigenvalue weighted by atomic mass is 10.2. The molecule has 0 spiro atoms. The number of rotatable bonds is 2. The van der Waals surface area contributed by atoms with Gasteiger partial charge in [-0.25, -0.2) is 18.7 Å². The van der Waals surface area contributed by atoms with Crippen molar-refractivity contribution in [1.82, 2.24) is 14.5 Å². The van der Waals surface area contributed by atoms with Crippen LogP contribution in [-0.4, -0.2) is 14.5 Å². The van der Waals surface area contributed by atoms with Gasteiger partial charge in [0.2, 0.25) is 0 Å². The van der Waals surface area contributed by atoms with Crippen LogP contribution >= 0.6 is 0 Å². The Morgan fingerprint density at radius 2 is 1.95 bits per heavy atom. The SMILES string of the molecule is Nc1ncccc1-c1cncn1-c1cccc(F)c1F. The Kier molecular flexibility index (Phi) is 2.90. The zero-order chi connectivity index (χ0) is 14.1. The summed E-state index contributed by atoms with van der Waals surface area (Å²) >= 11 is 0. The zero-order valence-corrected chi connectivity index (χ0v) is 10.3. The van der Waals surface area contributed by atoms with E-state index in [0.29, 0.717) is 17.1 Å². The number of halogens is 2. The summed E-state index contributed by atoms with van der Waals surface area (Å²) in [6.07, 6.45) is 4.49. The lowest BCUT2D eigenvalue weighted by Gasteiger charge is -2.10. The van der Waals surface area contributed by atoms with Crippen molar-refractivity contribution in [2.24, 2.45) is 0 Å². The van der Waals surface area contributed by atoms with E-state index in [1.807, 2.05) is 0 Å². The van der Waals surface area contributed by atoms with Crippen LogP contribution in [0.4, 0.5) is 14.6 Å². The van der Waals surface area contributed by atoms with E-state index in [9.17, 15) is 8.78 Å². The van der Waals surface area contributed by atoms with Crippen LogP contribution in [-0.2, 0) is 0 Å². The Morgan fingerprint density at radius 1 is 1.10 bits per heavy atom. The number of pyridine rings is 1. The smallest absolute Gasteiger partial charge is 0.182 e. The Bertz CT molecular complexity index is 767. The molecule has 1 aromatic carbocycles. The fraction of sp³-hybridized carbons (Fsp3) is 0. The summed E-state index contributed by atoms with van der Waals surface area (Å²) in [7, 11) is 0. The first-order valence-electron chi connectivity index (χ1n) is 5.86. The van der Waals surface area contributed by atoms with E-state index in [1.165, 1.54) is 29.2 Å². The van der Waals surface area contributed by atoms with Gasteiger partial charge in [-0.2, -0.15) is 0 Å². The van der Waals surface area contributed by atoms with E-state index >= 15 is 0 Å². The molecule has 0 saturated heterocycles. The minimum absolute atomic E-state index is 0.0701. The van der Waals surface area contributed by atoms with Gasteiger partial charge in [0.1, 0.15) is 5.82 Å². The van der Waals surface area contributed by atoms with Crippen LogP contribution < -0.4 is 5.73 Å². The van der Waals surface area contributed by atoms with E-state index in [1.54, 1.807) is 18.3 Å². The molecule has 0 unspecified atom stereocenters. The maximum absolute atomic E-state index is 13.9. The standard InChI is InChI=1S/C14H10F2N4/c15-10-4-1-5-11(13(10)16)20-8-18-7-12(20)9-3-2-6-19-14(9)17/h1-8H,(H2,17,19). The molecule has 2 N–H and O–H groups in total. The normalized spacial score (nSPS) is 10.7. The fourth-order valence-corrected chi connectivity index (χ4v) is 2.00. The molecular formula is C14H10F2N4. The third-order valence-corrected chi connectivity index (χ3v) is 2.94. The first kappa shape index (κ1) is 12.3. The maximum atomic E-state index is 13.9. The molecule has 0 amide bonds. The molecule has 20 heavy (non-hydrogen) atoms. The molecule has 0 aliphatic rings. The monoisotopic (exact) mass is 272 g/mol. The predicted molar refractivity (Wildman–Crippen MR) is 71.1 cm³/mol. The summed E-state index contributed by atoms with van der Waals surface area (Å²) in [5.41, 5.74) is 7.02. The highest BCUT2D eigenvalue weighted by molar-refractivity contribution is 5.72. The highest BCUT2D eigenvalue weighted by Gasteiger charge is 2.15. The molecule has 4 nitrogen and oxygen atoms in total. The number of benzene rings is 1. The second-order valence-electron chi connectivity index (χ2n) is 4.16. The highest BCUT2D eigenvalue weighted by Crippen LogP contribution is 2.27. The van der Waals surface area contributed by atoms with Crippen LogP contribution in [0.5, 0.6) is 0 Å². The molecule has 0 aliphatic carbocycles. The minimum atomic E-state index is -0.936. The molecule has 6 heteroatoms. The van der Waals surface area contributed by atoms with Gasteiger partial charge in [-0.1, -0.05) is 6.07 Å². The number of hydrogen-bond donors (Lipinski definition) is 1. The van der Waals surface area contributed by atoms with Crippen LogP contribution in [0.15, 0.2) is 49.1 Å². The minimum Gasteiger partial charge on any atom is -0.383 e. The van der Waals surface area contributed by atoms with Gasteiger partial charge in [-0.3, -0.25) is 4.57 Å². The van der Waals surface area contributed by atoms with E-state index in [4.69, 9.17) is 5.73 Å². The molecule has 0 atom stereocenters. The van der Waals surface area contributed by atoms with Crippen LogP contribution in [0.2, 0.25) is 0 Å². The second kappa shape index (κ2) is 4.73. The van der Waals surface area contributed by atoms with Crippen molar-refractivity contribution in [3.8, 4) is 16.9 Å². The third kappa shape index (κ3) is 1.91. The molecule has 2 aromatic heterocycles. The Balaban J connectivity index is 2.21. The summed E-state index contributed by atoms with van der Waals surface area (Å²) in [5.74, 6) is -1.55. The van der Waals surface area contributed by atoms with Crippen molar-refractivity contribution in [2.45, 2.75) is 0 Å². The first-order chi connectivity index (χ1) is 9.68. The van der Waals surface area contributed by atoms with Gasteiger partial charge in [0, 0.05) is 11.8 Å². The van der Waals surface area contributed by atoms with E-state index in [-0.39, 0.29) is 5.69 Å². The number of aromatic nitrogens is 3. The summed E-state index contributed by atoms with van der Waals surface area (Å²) in [5, 5.41) is 0. The van der Waals surface area contributed by atoms with E-state index in [2.05, 4.69) is 9.97 Å². The Morgan fingerprint density at radius 3 is 2.75 bits per heavy atom. The van der Waals surface area contributed by atoms with Gasteiger partial charge >= 0.3 is 0 Å². The lowest BCUT2D eigenvalue weighted by Crippen LogP contribution is -2.02. The Hall–Kier alpha value is -2.76. The molecule has 3 aromatic rings. The largest absolute Gasteiger partial charge is 0.383 e. The lowest BCUT2D eigenvalue weighted by molar-refractivity contribution is 0.504. The van der Waals surface area contributed by atoms with Gasteiger partial charge in [0.15, 0.2) is 11.6 Å². The van der Waals surface area contributed by atoms with Gasteiger partial charge in [-0.05, 0) is 24.3 Å². The van der Waals surface area contributed by atoms with Crippen LogP contribution in [0, 0.1) is 11.6 Å². The number of nitrogen functional groups attached to an aromatic ring is 1. The molecule has 0 radical (unpaired) electrons. The quantitative estimate of drug-likeness (QED) is 0.780. The summed E-state index contributed by atoms with van der Waals surface area (Å²) in [4.78, 5) is 7.96. The molecular weight excluding hydrogens is 262 g/mol. The molecule has 0 bridgehead atoms. The number of imidazole rings is 1. The topological polar surface area (TPSA) is 56.7 Å². The van der Waals surface area contributed by atoms with Crippen LogP contribution in [0.25, 0.3) is 16.9 Å². The van der Waals surface area contributed by atoms with E-state index < -0.39 is 11.6 Å². The number of nitrogens with two attached hydrogens (primary N) is 1. The summed E-state index contributed by atoms with van der Waals surface area (Å²) in [6, 6.07) is 7.42. The van der Waals surface area contributed by atoms with Crippen molar-refractivity contribution < 1.29 is 8.78 Å². The van der Waals surface area contributed by atoms with Gasteiger partial charge in [0.25, 0.3) is 0 Å². The summed E-state index contributed by atoms with van der Waals surface area (Å²) in [6.45, 7) is 0. The average molecular weight is 272 g/mol. The molecule has 0 fully saturated rings. The fourth-order valence-electron chi connectivity index (χ4n) is 2.00. The van der Waals surface area contributed by atoms with Crippen molar-refractivity contribution in [3.05, 3.63) is 60.7 Å². The maximum Gasteiger partial charge on any atom is 0.182 e. The summed E-state index contributed by atoms with van der Waals surface area (Å²) < 4.78 is 28.7. The van der Waals surface area contributed by atoms with Gasteiger partial charge in [0.05, 0.1) is 23.9 Å². The average Bonchev–Trinajstić information content (AvgIpc) is 2.91. The highest BCUT2D eigenvalue weighted by atomic mass is 19.2. The van der Waals surface area contributed by atoms with Gasteiger partial charge < -0.3 is 5.73 Å². The van der Waals surface area contributed by atoms with Crippen molar-refractivity contribution in [1.29, 1.82) is 0 Å². The molecule has 0 saturated carbocycles. The third-order valence-electron chi connectivity index (χ3n) is 2.94. The second-order valence-corrected chi connectivity index (χ2v) is 4.16. The van der Waals surface area contributed by atoms with Gasteiger partial charge in [-0.15, -0.1) is 0 Å². The zero-order valence-electron chi connectivity index (χ0n) is 10.3. The van der Waals surface area contributed by atoms with Crippen molar-refractivity contribution in [2.75, 3.05) is 5.73 Å². The molecule has 2 heterocycles. The van der Waals surface area contributed by atoms with Crippen molar-refractivity contribution >= 4 is 5.82 Å². The first-order valence-corrected chi connectivity index (χ1v) is 5.86. The van der Waals surface area contributed by atoms with E-state index in [0.717, 1.165) is 6.07 Å². The number of nitrogens with zero attached hydrogens (tertiary/aromatic N) is 3.